The molecule has 0 amide bonds. The van der Waals surface area contributed by atoms with E-state index in [2.05, 4.69) is 4.74 Å². The standard InChI is InChI=1S/C5H7F3O3S/c6-5(7,8)2-11-3-12-1-4(9)10/h1-3H2,(H,9,10). The van der Waals surface area contributed by atoms with E-state index in [0.29, 0.717) is 0 Å². The van der Waals surface area contributed by atoms with E-state index < -0.39 is 18.8 Å². The Morgan fingerprint density at radius 3 is 2.50 bits per heavy atom. The lowest BCUT2D eigenvalue weighted by atomic mass is 10.7. The van der Waals surface area contributed by atoms with Crippen LogP contribution in [0.3, 0.4) is 0 Å². The van der Waals surface area contributed by atoms with Gasteiger partial charge in [-0.25, -0.2) is 0 Å². The molecule has 0 bridgehead atoms. The van der Waals surface area contributed by atoms with Gasteiger partial charge in [0, 0.05) is 0 Å². The number of thioether (sulfide) groups is 1. The van der Waals surface area contributed by atoms with Crippen LogP contribution in [-0.2, 0) is 9.53 Å². The minimum absolute atomic E-state index is 0.252. The molecular formula is C5H7F3O3S. The van der Waals surface area contributed by atoms with Crippen LogP contribution in [0.25, 0.3) is 0 Å². The van der Waals surface area contributed by atoms with Gasteiger partial charge < -0.3 is 9.84 Å². The third kappa shape index (κ3) is 9.57. The maximum atomic E-state index is 11.4. The molecule has 0 aromatic heterocycles. The van der Waals surface area contributed by atoms with Crippen LogP contribution in [0.15, 0.2) is 0 Å². The number of alkyl halides is 3. The molecule has 0 aromatic carbocycles. The van der Waals surface area contributed by atoms with Gasteiger partial charge in [-0.3, -0.25) is 4.79 Å². The summed E-state index contributed by atoms with van der Waals surface area (Å²) in [7, 11) is 0. The van der Waals surface area contributed by atoms with Crippen molar-refractivity contribution in [3.05, 3.63) is 0 Å². The summed E-state index contributed by atoms with van der Waals surface area (Å²) in [5.74, 6) is -1.58. The minimum Gasteiger partial charge on any atom is -0.481 e. The largest absolute Gasteiger partial charge is 0.481 e. The van der Waals surface area contributed by atoms with Crippen LogP contribution in [0.1, 0.15) is 0 Å². The lowest BCUT2D eigenvalue weighted by Gasteiger charge is -2.05. The number of hydrogen-bond acceptors (Lipinski definition) is 3. The number of rotatable bonds is 5. The summed E-state index contributed by atoms with van der Waals surface area (Å²) < 4.78 is 38.3. The molecule has 0 radical (unpaired) electrons. The molecule has 72 valence electrons. The van der Waals surface area contributed by atoms with Crippen molar-refractivity contribution in [3.8, 4) is 0 Å². The summed E-state index contributed by atoms with van der Waals surface area (Å²) >= 11 is 0.780. The molecule has 0 fully saturated rings. The second-order valence-corrected chi connectivity index (χ2v) is 2.76. The first-order valence-corrected chi connectivity index (χ1v) is 4.01. The van der Waals surface area contributed by atoms with Gasteiger partial charge in [-0.2, -0.15) is 13.2 Å². The molecule has 0 aliphatic carbocycles. The van der Waals surface area contributed by atoms with E-state index in [1.165, 1.54) is 0 Å². The summed E-state index contributed by atoms with van der Waals surface area (Å²) in [5, 5.41) is 8.07. The summed E-state index contributed by atoms with van der Waals surface area (Å²) in [6.07, 6.45) is -4.34. The zero-order valence-corrected chi connectivity index (χ0v) is 6.74. The normalized spacial score (nSPS) is 11.6. The van der Waals surface area contributed by atoms with Gasteiger partial charge in [-0.1, -0.05) is 0 Å². The van der Waals surface area contributed by atoms with E-state index in [1.807, 2.05) is 0 Å². The van der Waals surface area contributed by atoms with E-state index in [4.69, 9.17) is 5.11 Å². The fourth-order valence-corrected chi connectivity index (χ4v) is 0.804. The lowest BCUT2D eigenvalue weighted by molar-refractivity contribution is -0.168. The fourth-order valence-electron chi connectivity index (χ4n) is 0.345. The van der Waals surface area contributed by atoms with Crippen molar-refractivity contribution in [1.82, 2.24) is 0 Å². The Bertz CT molecular complexity index is 147. The van der Waals surface area contributed by atoms with Crippen LogP contribution in [0.4, 0.5) is 13.2 Å². The van der Waals surface area contributed by atoms with Gasteiger partial charge in [0.05, 0.1) is 11.7 Å². The van der Waals surface area contributed by atoms with Gasteiger partial charge >= 0.3 is 12.1 Å². The molecule has 12 heavy (non-hydrogen) atoms. The monoisotopic (exact) mass is 204 g/mol. The highest BCUT2D eigenvalue weighted by Gasteiger charge is 2.27. The zero-order valence-electron chi connectivity index (χ0n) is 5.93. The SMILES string of the molecule is O=C(O)CSCOCC(F)(F)F. The Morgan fingerprint density at radius 2 is 2.08 bits per heavy atom. The maximum Gasteiger partial charge on any atom is 0.411 e. The highest BCUT2D eigenvalue weighted by molar-refractivity contribution is 7.99. The Balaban J connectivity index is 3.17. The van der Waals surface area contributed by atoms with E-state index in [9.17, 15) is 18.0 Å². The highest BCUT2D eigenvalue weighted by Crippen LogP contribution is 2.15. The Hall–Kier alpha value is -0.430. The van der Waals surface area contributed by atoms with E-state index in [-0.39, 0.29) is 11.7 Å². The smallest absolute Gasteiger partial charge is 0.411 e. The van der Waals surface area contributed by atoms with Crippen molar-refractivity contribution in [2.24, 2.45) is 0 Å². The number of carboxylic acid groups (broad SMARTS) is 1. The molecule has 7 heteroatoms. The molecule has 0 heterocycles. The molecule has 1 N–H and O–H groups in total. The molecule has 0 spiro atoms. The van der Waals surface area contributed by atoms with E-state index in [0.717, 1.165) is 11.8 Å². The van der Waals surface area contributed by atoms with Crippen molar-refractivity contribution in [3.63, 3.8) is 0 Å². The van der Waals surface area contributed by atoms with Gasteiger partial charge in [-0.05, 0) is 0 Å². The molecule has 0 unspecified atom stereocenters. The third-order valence-corrected chi connectivity index (χ3v) is 1.44. The van der Waals surface area contributed by atoms with Crippen LogP contribution >= 0.6 is 11.8 Å². The third-order valence-electron chi connectivity index (χ3n) is 0.658. The highest BCUT2D eigenvalue weighted by atomic mass is 32.2. The van der Waals surface area contributed by atoms with Crippen LogP contribution in [0.2, 0.25) is 0 Å². The minimum atomic E-state index is -4.34. The number of aliphatic carboxylic acids is 1. The number of ether oxygens (including phenoxy) is 1. The van der Waals surface area contributed by atoms with Crippen molar-refractivity contribution >= 4 is 17.7 Å². The van der Waals surface area contributed by atoms with Crippen LogP contribution in [-0.4, -0.2) is 35.6 Å². The van der Waals surface area contributed by atoms with Gasteiger partial charge in [0.1, 0.15) is 6.61 Å². The maximum absolute atomic E-state index is 11.4. The molecule has 0 atom stereocenters. The molecular weight excluding hydrogens is 197 g/mol. The fraction of sp³-hybridized carbons (Fsp3) is 0.800. The number of hydrogen-bond donors (Lipinski definition) is 1. The average Bonchev–Trinajstić information content (AvgIpc) is 1.83. The number of carboxylic acids is 1. The Kier molecular flexibility index (Phi) is 5.07. The molecule has 3 nitrogen and oxygen atoms in total. The zero-order chi connectivity index (χ0) is 9.61. The second kappa shape index (κ2) is 5.26. The number of carbonyl (C=O) groups is 1. The lowest BCUT2D eigenvalue weighted by Crippen LogP contribution is -2.17. The molecule has 0 rings (SSSR count). The van der Waals surface area contributed by atoms with E-state index >= 15 is 0 Å². The topological polar surface area (TPSA) is 46.5 Å². The Labute approximate surface area is 70.9 Å². The molecule has 0 aliphatic heterocycles. The van der Waals surface area contributed by atoms with Gasteiger partial charge in [0.25, 0.3) is 0 Å². The van der Waals surface area contributed by atoms with Crippen LogP contribution in [0.5, 0.6) is 0 Å². The van der Waals surface area contributed by atoms with Crippen molar-refractivity contribution in [2.75, 3.05) is 18.3 Å². The second-order valence-electron chi connectivity index (χ2n) is 1.82. The summed E-state index contributed by atoms with van der Waals surface area (Å²) in [5.41, 5.74) is 0. The van der Waals surface area contributed by atoms with Gasteiger partial charge in [0.2, 0.25) is 0 Å². The van der Waals surface area contributed by atoms with Gasteiger partial charge in [0.15, 0.2) is 0 Å². The van der Waals surface area contributed by atoms with Crippen molar-refractivity contribution < 1.29 is 27.8 Å². The average molecular weight is 204 g/mol. The van der Waals surface area contributed by atoms with Crippen molar-refractivity contribution in [2.45, 2.75) is 6.18 Å². The summed E-state index contributed by atoms with van der Waals surface area (Å²) in [6.45, 7) is -1.33. The number of halogens is 3. The molecule has 0 aliphatic rings. The predicted molar refractivity (Wildman–Crippen MR) is 37.0 cm³/mol. The van der Waals surface area contributed by atoms with Crippen molar-refractivity contribution in [1.29, 1.82) is 0 Å². The first-order valence-electron chi connectivity index (χ1n) is 2.86. The molecule has 0 saturated carbocycles. The summed E-state index contributed by atoms with van der Waals surface area (Å²) in [6, 6.07) is 0. The Morgan fingerprint density at radius 1 is 1.50 bits per heavy atom. The first-order chi connectivity index (χ1) is 5.42. The van der Waals surface area contributed by atoms with Crippen LogP contribution in [0, 0.1) is 0 Å². The van der Waals surface area contributed by atoms with Crippen LogP contribution < -0.4 is 0 Å². The summed E-state index contributed by atoms with van der Waals surface area (Å²) in [4.78, 5) is 9.86. The predicted octanol–water partition coefficient (Wildman–Crippen LogP) is 1.34. The van der Waals surface area contributed by atoms with Gasteiger partial charge in [-0.15, -0.1) is 11.8 Å². The molecule has 0 saturated heterocycles. The molecule has 0 aromatic rings. The quantitative estimate of drug-likeness (QED) is 0.542. The van der Waals surface area contributed by atoms with E-state index in [1.54, 1.807) is 0 Å². The first kappa shape index (κ1) is 11.6.